The lowest BCUT2D eigenvalue weighted by atomic mass is 9.42. The van der Waals surface area contributed by atoms with E-state index in [0.29, 0.717) is 18.4 Å². The number of hydrogen-bond acceptors (Lipinski definition) is 4. The molecule has 0 aromatic heterocycles. The molecular formula is C26H37N3O3. The molecule has 1 heterocycles. The van der Waals surface area contributed by atoms with E-state index in [0.717, 1.165) is 52.1 Å². The van der Waals surface area contributed by atoms with Gasteiger partial charge in [0.25, 0.3) is 0 Å². The summed E-state index contributed by atoms with van der Waals surface area (Å²) in [6.07, 6.45) is 6.60. The average molecular weight is 440 g/mol. The Morgan fingerprint density at radius 3 is 2.41 bits per heavy atom. The molecule has 1 aromatic rings. The Kier molecular flexibility index (Phi) is 6.01. The second kappa shape index (κ2) is 8.79. The van der Waals surface area contributed by atoms with Crippen LogP contribution in [0.4, 0.5) is 0 Å². The summed E-state index contributed by atoms with van der Waals surface area (Å²) in [6, 6.07) is 9.00. The average Bonchev–Trinajstić information content (AvgIpc) is 2.77. The van der Waals surface area contributed by atoms with E-state index in [1.165, 1.54) is 30.4 Å². The first-order valence-corrected chi connectivity index (χ1v) is 12.4. The van der Waals surface area contributed by atoms with E-state index in [1.54, 1.807) is 0 Å². The third-order valence-corrected chi connectivity index (χ3v) is 8.47. The normalized spacial score (nSPS) is 33.8. The van der Waals surface area contributed by atoms with Gasteiger partial charge in [-0.2, -0.15) is 0 Å². The molecule has 6 rings (SSSR count). The Morgan fingerprint density at radius 1 is 1.03 bits per heavy atom. The van der Waals surface area contributed by atoms with Crippen LogP contribution in [0.5, 0.6) is 0 Å². The molecule has 0 spiro atoms. The number of carbonyl (C=O) groups is 2. The van der Waals surface area contributed by atoms with E-state index >= 15 is 0 Å². The number of aryl methyl sites for hydroxylation is 1. The minimum Gasteiger partial charge on any atom is -0.379 e. The molecule has 1 aromatic carbocycles. The largest absolute Gasteiger partial charge is 0.379 e. The van der Waals surface area contributed by atoms with Gasteiger partial charge >= 0.3 is 0 Å². The van der Waals surface area contributed by atoms with E-state index in [1.807, 2.05) is 0 Å². The summed E-state index contributed by atoms with van der Waals surface area (Å²) in [5.41, 5.74) is 2.53. The highest BCUT2D eigenvalue weighted by atomic mass is 16.5. The highest BCUT2D eigenvalue weighted by molar-refractivity contribution is 5.88. The van der Waals surface area contributed by atoms with Crippen LogP contribution in [0.15, 0.2) is 24.3 Å². The van der Waals surface area contributed by atoms with Gasteiger partial charge in [0.05, 0.1) is 25.2 Å². The lowest BCUT2D eigenvalue weighted by molar-refractivity contribution is -0.149. The highest BCUT2D eigenvalue weighted by Crippen LogP contribution is 2.65. The molecule has 2 N–H and O–H groups in total. The van der Waals surface area contributed by atoms with E-state index in [4.69, 9.17) is 4.74 Å². The standard InChI is InChI=1S/C26H37N3O3/c1-19-2-4-22(5-3-19)25-13-20-12-21(14-25)16-26(15-20,18-25)24(31)28-17-23(30)27-6-7-29-8-10-32-11-9-29/h2-5,20-21H,6-18H2,1H3,(H,27,30)(H,28,31). The zero-order chi connectivity index (χ0) is 22.2. The number of amides is 2. The number of benzene rings is 1. The van der Waals surface area contributed by atoms with Crippen molar-refractivity contribution < 1.29 is 14.3 Å². The van der Waals surface area contributed by atoms with Gasteiger partial charge in [0.2, 0.25) is 11.8 Å². The molecule has 6 heteroatoms. The van der Waals surface area contributed by atoms with Gasteiger partial charge in [-0.3, -0.25) is 14.5 Å². The molecule has 0 radical (unpaired) electrons. The number of rotatable bonds is 7. The molecule has 6 nitrogen and oxygen atoms in total. The molecule has 2 atom stereocenters. The second-order valence-electron chi connectivity index (χ2n) is 10.9. The lowest BCUT2D eigenvalue weighted by Gasteiger charge is -2.61. The maximum atomic E-state index is 13.4. The Balaban J connectivity index is 1.18. The Hall–Kier alpha value is -1.92. The van der Waals surface area contributed by atoms with Crippen LogP contribution < -0.4 is 10.6 Å². The van der Waals surface area contributed by atoms with Crippen LogP contribution in [0.1, 0.15) is 49.7 Å². The quantitative estimate of drug-likeness (QED) is 0.685. The molecule has 1 aliphatic heterocycles. The third-order valence-electron chi connectivity index (χ3n) is 8.47. The zero-order valence-corrected chi connectivity index (χ0v) is 19.3. The molecule has 4 saturated carbocycles. The molecule has 4 aliphatic carbocycles. The smallest absolute Gasteiger partial charge is 0.239 e. The zero-order valence-electron chi connectivity index (χ0n) is 19.3. The van der Waals surface area contributed by atoms with Crippen LogP contribution in [0.25, 0.3) is 0 Å². The van der Waals surface area contributed by atoms with Crippen LogP contribution >= 0.6 is 0 Å². The lowest BCUT2D eigenvalue weighted by Crippen LogP contribution is -2.59. The number of nitrogens with one attached hydrogen (secondary N) is 2. The number of morpholine rings is 1. The monoisotopic (exact) mass is 439 g/mol. The van der Waals surface area contributed by atoms with Gasteiger partial charge in [-0.05, 0) is 68.3 Å². The molecule has 32 heavy (non-hydrogen) atoms. The van der Waals surface area contributed by atoms with Crippen molar-refractivity contribution in [2.45, 2.75) is 50.9 Å². The molecular weight excluding hydrogens is 402 g/mol. The van der Waals surface area contributed by atoms with E-state index < -0.39 is 0 Å². The van der Waals surface area contributed by atoms with Crippen LogP contribution in [0.2, 0.25) is 0 Å². The maximum absolute atomic E-state index is 13.4. The summed E-state index contributed by atoms with van der Waals surface area (Å²) in [7, 11) is 0. The first-order chi connectivity index (χ1) is 15.5. The predicted octanol–water partition coefficient (Wildman–Crippen LogP) is 2.40. The fourth-order valence-electron chi connectivity index (χ4n) is 7.36. The number of ether oxygens (including phenoxy) is 1. The van der Waals surface area contributed by atoms with Crippen molar-refractivity contribution >= 4 is 11.8 Å². The van der Waals surface area contributed by atoms with Gasteiger partial charge < -0.3 is 15.4 Å². The van der Waals surface area contributed by atoms with E-state index in [9.17, 15) is 9.59 Å². The Bertz CT molecular complexity index is 832. The third kappa shape index (κ3) is 4.32. The molecule has 174 valence electrons. The van der Waals surface area contributed by atoms with Gasteiger partial charge in [0.1, 0.15) is 0 Å². The van der Waals surface area contributed by atoms with Gasteiger partial charge in [-0.25, -0.2) is 0 Å². The molecule has 2 amide bonds. The molecule has 1 saturated heterocycles. The van der Waals surface area contributed by atoms with Crippen molar-refractivity contribution in [1.29, 1.82) is 0 Å². The van der Waals surface area contributed by atoms with E-state index in [2.05, 4.69) is 46.7 Å². The SMILES string of the molecule is Cc1ccc(C23CC4CC(CC(C(=O)NCC(=O)NCCN5CCOCC5)(C4)C2)C3)cc1. The Labute approximate surface area is 191 Å². The first kappa shape index (κ1) is 21.9. The summed E-state index contributed by atoms with van der Waals surface area (Å²) in [5, 5.41) is 5.98. The molecule has 4 bridgehead atoms. The summed E-state index contributed by atoms with van der Waals surface area (Å²) >= 11 is 0. The van der Waals surface area contributed by atoms with Crippen LogP contribution in [0, 0.1) is 24.2 Å². The molecule has 5 fully saturated rings. The van der Waals surface area contributed by atoms with E-state index in [-0.39, 0.29) is 29.2 Å². The first-order valence-electron chi connectivity index (χ1n) is 12.4. The topological polar surface area (TPSA) is 70.7 Å². The molecule has 2 unspecified atom stereocenters. The second-order valence-corrected chi connectivity index (χ2v) is 10.9. The summed E-state index contributed by atoms with van der Waals surface area (Å²) in [5.74, 6) is 1.27. The number of carbonyl (C=O) groups excluding carboxylic acids is 2. The summed E-state index contributed by atoms with van der Waals surface area (Å²) in [4.78, 5) is 28.1. The van der Waals surface area contributed by atoms with Crippen molar-refractivity contribution in [3.8, 4) is 0 Å². The number of nitrogens with zero attached hydrogens (tertiary/aromatic N) is 1. The minimum atomic E-state index is -0.303. The van der Waals surface area contributed by atoms with Crippen molar-refractivity contribution in [3.63, 3.8) is 0 Å². The maximum Gasteiger partial charge on any atom is 0.239 e. The summed E-state index contributed by atoms with van der Waals surface area (Å²) in [6.45, 7) is 7.01. The fraction of sp³-hybridized carbons (Fsp3) is 0.692. The fourth-order valence-corrected chi connectivity index (χ4v) is 7.36. The Morgan fingerprint density at radius 2 is 1.72 bits per heavy atom. The summed E-state index contributed by atoms with van der Waals surface area (Å²) < 4.78 is 5.36. The highest BCUT2D eigenvalue weighted by Gasteiger charge is 2.60. The minimum absolute atomic E-state index is 0.0799. The number of hydrogen-bond donors (Lipinski definition) is 2. The van der Waals surface area contributed by atoms with Crippen LogP contribution in [-0.4, -0.2) is 62.7 Å². The van der Waals surface area contributed by atoms with Crippen molar-refractivity contribution in [2.24, 2.45) is 17.3 Å². The van der Waals surface area contributed by atoms with Crippen molar-refractivity contribution in [2.75, 3.05) is 45.9 Å². The predicted molar refractivity (Wildman–Crippen MR) is 123 cm³/mol. The van der Waals surface area contributed by atoms with Gasteiger partial charge in [0, 0.05) is 26.2 Å². The van der Waals surface area contributed by atoms with Crippen molar-refractivity contribution in [3.05, 3.63) is 35.4 Å². The van der Waals surface area contributed by atoms with Gasteiger partial charge in [-0.1, -0.05) is 29.8 Å². The van der Waals surface area contributed by atoms with Gasteiger partial charge in [-0.15, -0.1) is 0 Å². The molecule has 5 aliphatic rings. The van der Waals surface area contributed by atoms with Crippen LogP contribution in [0.3, 0.4) is 0 Å². The van der Waals surface area contributed by atoms with Crippen molar-refractivity contribution in [1.82, 2.24) is 15.5 Å². The van der Waals surface area contributed by atoms with Crippen LogP contribution in [-0.2, 0) is 19.7 Å². The van der Waals surface area contributed by atoms with Gasteiger partial charge in [0.15, 0.2) is 0 Å².